The molecule has 24 heavy (non-hydrogen) atoms. The fraction of sp³-hybridized carbons (Fsp3) is 0.400. The predicted molar refractivity (Wildman–Crippen MR) is 88.5 cm³/mol. The topological polar surface area (TPSA) is 104 Å². The molecule has 0 aliphatic carbocycles. The zero-order valence-corrected chi connectivity index (χ0v) is 14.3. The van der Waals surface area contributed by atoms with Crippen LogP contribution in [0.25, 0.3) is 10.2 Å². The number of nitrogens with zero attached hydrogens (tertiary/aromatic N) is 3. The number of non-ortho nitro benzene ring substituents is 1. The summed E-state index contributed by atoms with van der Waals surface area (Å²) in [5.41, 5.74) is 0.530. The number of fused-ring (bicyclic) bond motifs is 1. The highest BCUT2D eigenvalue weighted by Gasteiger charge is 2.15. The second-order valence-corrected chi connectivity index (χ2v) is 6.30. The van der Waals surface area contributed by atoms with E-state index in [1.807, 2.05) is 0 Å². The molecule has 8 nitrogen and oxygen atoms in total. The van der Waals surface area contributed by atoms with Gasteiger partial charge < -0.3 is 9.30 Å². The first-order valence-corrected chi connectivity index (χ1v) is 8.17. The molecule has 1 aromatic heterocycles. The molecule has 0 N–H and O–H groups in total. The van der Waals surface area contributed by atoms with Crippen LogP contribution < -0.4 is 4.80 Å². The number of nitro benzene ring substituents is 1. The van der Waals surface area contributed by atoms with Gasteiger partial charge in [-0.3, -0.25) is 19.7 Å². The Morgan fingerprint density at radius 1 is 1.42 bits per heavy atom. The summed E-state index contributed by atoms with van der Waals surface area (Å²) in [5, 5.41) is 10.9. The Morgan fingerprint density at radius 2 is 2.12 bits per heavy atom. The molecule has 2 aromatic rings. The highest BCUT2D eigenvalue weighted by Crippen LogP contribution is 2.23. The Balaban J connectivity index is 2.62. The van der Waals surface area contributed by atoms with Crippen LogP contribution in [0.2, 0.25) is 0 Å². The molecule has 0 aliphatic rings. The molecular weight excluding hydrogens is 334 g/mol. The molecule has 1 heterocycles. The van der Waals surface area contributed by atoms with Gasteiger partial charge in [0.05, 0.1) is 21.7 Å². The highest BCUT2D eigenvalue weighted by molar-refractivity contribution is 7.16. The molecule has 0 fully saturated rings. The number of amides is 1. The van der Waals surface area contributed by atoms with Crippen molar-refractivity contribution in [2.45, 2.75) is 27.3 Å². The number of esters is 1. The number of rotatable bonds is 5. The summed E-state index contributed by atoms with van der Waals surface area (Å²) < 4.78 is 7.06. The minimum atomic E-state index is -0.495. The van der Waals surface area contributed by atoms with Gasteiger partial charge in [-0.1, -0.05) is 25.2 Å². The molecule has 0 saturated carbocycles. The molecule has 1 amide bonds. The normalized spacial score (nSPS) is 11.9. The van der Waals surface area contributed by atoms with E-state index in [4.69, 9.17) is 4.74 Å². The van der Waals surface area contributed by atoms with Crippen LogP contribution in [0.5, 0.6) is 0 Å². The maximum Gasteiger partial charge on any atom is 0.326 e. The van der Waals surface area contributed by atoms with Gasteiger partial charge in [0, 0.05) is 18.1 Å². The first-order chi connectivity index (χ1) is 11.3. The molecule has 128 valence electrons. The van der Waals surface area contributed by atoms with E-state index in [1.54, 1.807) is 31.4 Å². The van der Waals surface area contributed by atoms with Crippen molar-refractivity contribution in [2.75, 3.05) is 6.61 Å². The van der Waals surface area contributed by atoms with Crippen molar-refractivity contribution < 1.29 is 19.2 Å². The van der Waals surface area contributed by atoms with Crippen molar-refractivity contribution in [3.63, 3.8) is 0 Å². The van der Waals surface area contributed by atoms with E-state index in [0.29, 0.717) is 15.0 Å². The molecule has 0 saturated heterocycles. The van der Waals surface area contributed by atoms with E-state index in [-0.39, 0.29) is 30.7 Å². The summed E-state index contributed by atoms with van der Waals surface area (Å²) in [7, 11) is 0. The van der Waals surface area contributed by atoms with Gasteiger partial charge in [-0.05, 0) is 13.0 Å². The maximum atomic E-state index is 11.9. The number of benzene rings is 1. The number of carbonyl (C=O) groups excluding carboxylic acids is 2. The Kier molecular flexibility index (Phi) is 5.45. The average Bonchev–Trinajstić information content (AvgIpc) is 2.84. The van der Waals surface area contributed by atoms with E-state index in [9.17, 15) is 19.7 Å². The van der Waals surface area contributed by atoms with E-state index >= 15 is 0 Å². The summed E-state index contributed by atoms with van der Waals surface area (Å²) >= 11 is 1.12. The molecule has 0 unspecified atom stereocenters. The molecule has 0 spiro atoms. The number of hydrogen-bond donors (Lipinski definition) is 0. The van der Waals surface area contributed by atoms with Crippen LogP contribution >= 0.6 is 11.3 Å². The number of thiazole rings is 1. The molecular formula is C15H17N3O5S. The van der Waals surface area contributed by atoms with Crippen molar-refractivity contribution in [2.24, 2.45) is 10.9 Å². The van der Waals surface area contributed by atoms with Crippen LogP contribution in [-0.2, 0) is 20.9 Å². The molecule has 0 radical (unpaired) electrons. The van der Waals surface area contributed by atoms with Gasteiger partial charge in [-0.15, -0.1) is 0 Å². The number of hydrogen-bond acceptors (Lipinski definition) is 6. The smallest absolute Gasteiger partial charge is 0.326 e. The Bertz CT molecular complexity index is 866. The molecule has 0 atom stereocenters. The molecule has 2 rings (SSSR count). The lowest BCUT2D eigenvalue weighted by atomic mass is 10.2. The van der Waals surface area contributed by atoms with Gasteiger partial charge in [-0.2, -0.15) is 4.99 Å². The fourth-order valence-electron chi connectivity index (χ4n) is 1.97. The van der Waals surface area contributed by atoms with E-state index in [1.165, 1.54) is 12.1 Å². The van der Waals surface area contributed by atoms with Gasteiger partial charge in [0.1, 0.15) is 6.54 Å². The van der Waals surface area contributed by atoms with Crippen LogP contribution in [-0.4, -0.2) is 28.0 Å². The second-order valence-electron chi connectivity index (χ2n) is 5.29. The SMILES string of the molecule is CCOC(=O)Cn1c(=NC(=O)C(C)C)sc2cc([N+](=O)[O-])ccc21. The highest BCUT2D eigenvalue weighted by atomic mass is 32.1. The summed E-state index contributed by atoms with van der Waals surface area (Å²) in [4.78, 5) is 38.5. The number of nitro groups is 1. The summed E-state index contributed by atoms with van der Waals surface area (Å²) in [6.45, 7) is 5.27. The minimum Gasteiger partial charge on any atom is -0.465 e. The lowest BCUT2D eigenvalue weighted by molar-refractivity contribution is -0.384. The zero-order valence-electron chi connectivity index (χ0n) is 13.5. The van der Waals surface area contributed by atoms with Crippen LogP contribution in [0, 0.1) is 16.0 Å². The minimum absolute atomic E-state index is 0.0613. The first-order valence-electron chi connectivity index (χ1n) is 7.35. The fourth-order valence-corrected chi connectivity index (χ4v) is 3.04. The van der Waals surface area contributed by atoms with Gasteiger partial charge in [0.15, 0.2) is 4.80 Å². The van der Waals surface area contributed by atoms with Crippen molar-refractivity contribution in [1.29, 1.82) is 0 Å². The molecule has 0 bridgehead atoms. The molecule has 1 aromatic carbocycles. The summed E-state index contributed by atoms with van der Waals surface area (Å²) in [6, 6.07) is 4.30. The van der Waals surface area contributed by atoms with Crippen LogP contribution in [0.15, 0.2) is 23.2 Å². The second kappa shape index (κ2) is 7.35. The standard InChI is InChI=1S/C15H17N3O5S/c1-4-23-13(19)8-17-11-6-5-10(18(21)22)7-12(11)24-15(17)16-14(20)9(2)3/h5-7,9H,4,8H2,1-3H3. The Morgan fingerprint density at radius 3 is 2.71 bits per heavy atom. The van der Waals surface area contributed by atoms with Gasteiger partial charge in [0.2, 0.25) is 0 Å². The van der Waals surface area contributed by atoms with Crippen LogP contribution in [0.4, 0.5) is 5.69 Å². The van der Waals surface area contributed by atoms with E-state index in [2.05, 4.69) is 4.99 Å². The third-order valence-electron chi connectivity index (χ3n) is 3.17. The summed E-state index contributed by atoms with van der Waals surface area (Å²) in [6.07, 6.45) is 0. The van der Waals surface area contributed by atoms with Crippen molar-refractivity contribution in [1.82, 2.24) is 4.57 Å². The largest absolute Gasteiger partial charge is 0.465 e. The zero-order chi connectivity index (χ0) is 17.9. The average molecular weight is 351 g/mol. The van der Waals surface area contributed by atoms with Gasteiger partial charge in [-0.25, -0.2) is 0 Å². The van der Waals surface area contributed by atoms with Gasteiger partial charge in [0.25, 0.3) is 11.6 Å². The number of ether oxygens (including phenoxy) is 1. The Hall–Kier alpha value is -2.55. The lowest BCUT2D eigenvalue weighted by Gasteiger charge is -2.05. The summed E-state index contributed by atoms with van der Waals surface area (Å²) in [5.74, 6) is -1.08. The van der Waals surface area contributed by atoms with E-state index in [0.717, 1.165) is 11.3 Å². The quantitative estimate of drug-likeness (QED) is 0.467. The van der Waals surface area contributed by atoms with Gasteiger partial charge >= 0.3 is 5.97 Å². The monoisotopic (exact) mass is 351 g/mol. The van der Waals surface area contributed by atoms with Crippen LogP contribution in [0.1, 0.15) is 20.8 Å². The lowest BCUT2D eigenvalue weighted by Crippen LogP contribution is -2.23. The van der Waals surface area contributed by atoms with E-state index < -0.39 is 10.9 Å². The number of carbonyl (C=O) groups is 2. The maximum absolute atomic E-state index is 11.9. The number of aromatic nitrogens is 1. The van der Waals surface area contributed by atoms with Crippen molar-refractivity contribution in [3.05, 3.63) is 33.1 Å². The third-order valence-corrected chi connectivity index (χ3v) is 4.21. The first kappa shape index (κ1) is 17.8. The Labute approximate surface area is 141 Å². The van der Waals surface area contributed by atoms with Crippen LogP contribution in [0.3, 0.4) is 0 Å². The predicted octanol–water partition coefficient (Wildman–Crippen LogP) is 2.26. The third kappa shape index (κ3) is 3.85. The van der Waals surface area contributed by atoms with Crippen molar-refractivity contribution >= 4 is 39.1 Å². The molecule has 9 heteroatoms. The van der Waals surface area contributed by atoms with Crippen molar-refractivity contribution in [3.8, 4) is 0 Å². The molecule has 0 aliphatic heterocycles.